The summed E-state index contributed by atoms with van der Waals surface area (Å²) in [6, 6.07) is 9.38. The lowest BCUT2D eigenvalue weighted by molar-refractivity contribution is -0.118. The molecule has 0 saturated carbocycles. The zero-order valence-corrected chi connectivity index (χ0v) is 16.4. The lowest BCUT2D eigenvalue weighted by atomic mass is 10.2. The van der Waals surface area contributed by atoms with Gasteiger partial charge in [0.1, 0.15) is 11.3 Å². The first-order chi connectivity index (χ1) is 13.0. The van der Waals surface area contributed by atoms with E-state index in [2.05, 4.69) is 15.3 Å². The smallest absolute Gasteiger partial charge is 0.278 e. The van der Waals surface area contributed by atoms with Crippen molar-refractivity contribution in [1.29, 1.82) is 0 Å². The molecular formula is C19H22N4O3S. The van der Waals surface area contributed by atoms with Crippen molar-refractivity contribution in [1.82, 2.24) is 19.9 Å². The molecule has 27 heavy (non-hydrogen) atoms. The van der Waals surface area contributed by atoms with Crippen LogP contribution in [0.4, 0.5) is 0 Å². The van der Waals surface area contributed by atoms with E-state index in [1.54, 1.807) is 11.7 Å². The van der Waals surface area contributed by atoms with Crippen molar-refractivity contribution < 1.29 is 9.53 Å². The Kier molecular flexibility index (Phi) is 5.85. The maximum atomic E-state index is 12.6. The van der Waals surface area contributed by atoms with Crippen LogP contribution in [0.3, 0.4) is 0 Å². The van der Waals surface area contributed by atoms with Crippen LogP contribution in [-0.4, -0.2) is 33.3 Å². The molecule has 8 heteroatoms. The van der Waals surface area contributed by atoms with E-state index in [9.17, 15) is 9.59 Å². The van der Waals surface area contributed by atoms with Gasteiger partial charge in [0.25, 0.3) is 5.56 Å². The number of carbonyl (C=O) groups is 1. The number of hydrogen-bond donors (Lipinski definition) is 2. The first-order valence-corrected chi connectivity index (χ1v) is 9.63. The lowest BCUT2D eigenvalue weighted by Crippen LogP contribution is -2.26. The van der Waals surface area contributed by atoms with Crippen molar-refractivity contribution in [3.8, 4) is 5.75 Å². The van der Waals surface area contributed by atoms with Gasteiger partial charge in [0.15, 0.2) is 5.16 Å². The van der Waals surface area contributed by atoms with Gasteiger partial charge in [-0.2, -0.15) is 0 Å². The van der Waals surface area contributed by atoms with Gasteiger partial charge in [-0.25, -0.2) is 4.98 Å². The molecule has 0 fully saturated rings. The predicted molar refractivity (Wildman–Crippen MR) is 106 cm³/mol. The van der Waals surface area contributed by atoms with Gasteiger partial charge in [-0.1, -0.05) is 30.0 Å². The minimum Gasteiger partial charge on any atom is -0.496 e. The largest absolute Gasteiger partial charge is 0.496 e. The third-order valence-electron chi connectivity index (χ3n) is 4.15. The van der Waals surface area contributed by atoms with Crippen LogP contribution in [0.5, 0.6) is 5.75 Å². The number of benzene rings is 1. The maximum absolute atomic E-state index is 12.6. The molecule has 7 nitrogen and oxygen atoms in total. The number of amides is 1. The number of aromatic nitrogens is 3. The molecule has 2 heterocycles. The summed E-state index contributed by atoms with van der Waals surface area (Å²) in [4.78, 5) is 32.4. The van der Waals surface area contributed by atoms with E-state index in [0.717, 1.165) is 17.0 Å². The van der Waals surface area contributed by atoms with Crippen molar-refractivity contribution in [2.75, 3.05) is 12.9 Å². The van der Waals surface area contributed by atoms with E-state index < -0.39 is 0 Å². The van der Waals surface area contributed by atoms with Gasteiger partial charge in [-0.3, -0.25) is 14.2 Å². The second-order valence-corrected chi connectivity index (χ2v) is 6.98. The number of aryl methyl sites for hydroxylation is 1. The molecule has 0 spiro atoms. The minimum absolute atomic E-state index is 0.118. The fourth-order valence-electron chi connectivity index (χ4n) is 2.82. The fraction of sp³-hybridized carbons (Fsp3) is 0.316. The Morgan fingerprint density at radius 1 is 1.37 bits per heavy atom. The number of nitrogens with zero attached hydrogens (tertiary/aromatic N) is 2. The summed E-state index contributed by atoms with van der Waals surface area (Å²) in [5.74, 6) is 0.782. The average Bonchev–Trinajstić information content (AvgIpc) is 3.05. The van der Waals surface area contributed by atoms with Crippen LogP contribution in [0.1, 0.15) is 18.2 Å². The number of rotatable bonds is 7. The van der Waals surface area contributed by atoms with Gasteiger partial charge >= 0.3 is 0 Å². The van der Waals surface area contributed by atoms with Crippen molar-refractivity contribution in [2.24, 2.45) is 0 Å². The van der Waals surface area contributed by atoms with Gasteiger partial charge < -0.3 is 15.0 Å². The van der Waals surface area contributed by atoms with Crippen LogP contribution >= 0.6 is 11.8 Å². The molecule has 0 aliphatic heterocycles. The number of hydrogen-bond acceptors (Lipinski definition) is 5. The molecule has 3 rings (SSSR count). The molecule has 0 aliphatic carbocycles. The molecule has 0 atom stereocenters. The second-order valence-electron chi connectivity index (χ2n) is 6.03. The maximum Gasteiger partial charge on any atom is 0.278 e. The summed E-state index contributed by atoms with van der Waals surface area (Å²) in [6.07, 6.45) is 0. The monoisotopic (exact) mass is 386 g/mol. The molecule has 2 N–H and O–H groups in total. The number of aromatic amines is 1. The van der Waals surface area contributed by atoms with E-state index in [4.69, 9.17) is 4.74 Å². The van der Waals surface area contributed by atoms with Crippen LogP contribution in [0.25, 0.3) is 11.0 Å². The standard InChI is InChI=1S/C19H22N4O3S/c1-4-23-18(25)17-14(9-12(2)21-17)22-19(23)27-11-16(24)20-10-13-7-5-6-8-15(13)26-3/h5-9,21H,4,10-11H2,1-3H3,(H,20,24). The van der Waals surface area contributed by atoms with Crippen LogP contribution in [0.2, 0.25) is 0 Å². The quantitative estimate of drug-likeness (QED) is 0.481. The highest BCUT2D eigenvalue weighted by Crippen LogP contribution is 2.19. The molecule has 0 aliphatic rings. The third kappa shape index (κ3) is 4.16. The highest BCUT2D eigenvalue weighted by atomic mass is 32.2. The van der Waals surface area contributed by atoms with Crippen LogP contribution in [-0.2, 0) is 17.9 Å². The van der Waals surface area contributed by atoms with Gasteiger partial charge in [0.2, 0.25) is 5.91 Å². The Bertz CT molecular complexity index is 1030. The Hall–Kier alpha value is -2.74. The topological polar surface area (TPSA) is 89.0 Å². The van der Waals surface area contributed by atoms with Crippen LogP contribution < -0.4 is 15.6 Å². The second kappa shape index (κ2) is 8.30. The highest BCUT2D eigenvalue weighted by molar-refractivity contribution is 7.99. The summed E-state index contributed by atoms with van der Waals surface area (Å²) in [6.45, 7) is 4.64. The number of para-hydroxylation sites is 1. The van der Waals surface area contributed by atoms with E-state index >= 15 is 0 Å². The first-order valence-electron chi connectivity index (χ1n) is 8.65. The molecule has 0 saturated heterocycles. The number of H-pyrrole nitrogens is 1. The molecule has 1 aromatic carbocycles. The number of fused-ring (bicyclic) bond motifs is 1. The van der Waals surface area contributed by atoms with Gasteiger partial charge in [-0.05, 0) is 26.0 Å². The molecule has 1 amide bonds. The Morgan fingerprint density at radius 3 is 2.89 bits per heavy atom. The third-order valence-corrected chi connectivity index (χ3v) is 5.13. The summed E-state index contributed by atoms with van der Waals surface area (Å²) in [5, 5.41) is 3.42. The molecule has 3 aromatic rings. The summed E-state index contributed by atoms with van der Waals surface area (Å²) < 4.78 is 6.87. The van der Waals surface area contributed by atoms with Crippen LogP contribution in [0, 0.1) is 6.92 Å². The van der Waals surface area contributed by atoms with Gasteiger partial charge in [0, 0.05) is 24.3 Å². The van der Waals surface area contributed by atoms with E-state index in [1.807, 2.05) is 44.2 Å². The Morgan fingerprint density at radius 2 is 2.15 bits per heavy atom. The SMILES string of the molecule is CCn1c(SCC(=O)NCc2ccccc2OC)nc2cc(C)[nH]c2c1=O. The fourth-order valence-corrected chi connectivity index (χ4v) is 3.72. The zero-order chi connectivity index (χ0) is 19.4. The van der Waals surface area contributed by atoms with E-state index in [1.165, 1.54) is 11.8 Å². The van der Waals surface area contributed by atoms with Crippen molar-refractivity contribution >= 4 is 28.7 Å². The number of ether oxygens (including phenoxy) is 1. The number of carbonyl (C=O) groups excluding carboxylic acids is 1. The minimum atomic E-state index is -0.131. The zero-order valence-electron chi connectivity index (χ0n) is 15.5. The summed E-state index contributed by atoms with van der Waals surface area (Å²) in [7, 11) is 1.60. The molecule has 0 radical (unpaired) electrons. The Balaban J connectivity index is 1.69. The molecule has 0 unspecified atom stereocenters. The summed E-state index contributed by atoms with van der Waals surface area (Å²) in [5.41, 5.74) is 2.80. The average molecular weight is 386 g/mol. The summed E-state index contributed by atoms with van der Waals surface area (Å²) >= 11 is 1.26. The highest BCUT2D eigenvalue weighted by Gasteiger charge is 2.14. The molecule has 0 bridgehead atoms. The molecule has 2 aromatic heterocycles. The van der Waals surface area contributed by atoms with Crippen molar-refractivity contribution in [3.63, 3.8) is 0 Å². The van der Waals surface area contributed by atoms with Crippen molar-refractivity contribution in [3.05, 3.63) is 51.9 Å². The molecule has 142 valence electrons. The first kappa shape index (κ1) is 19.0. The van der Waals surface area contributed by atoms with Crippen molar-refractivity contribution in [2.45, 2.75) is 32.1 Å². The predicted octanol–water partition coefficient (Wildman–Crippen LogP) is 2.47. The Labute approximate surface area is 161 Å². The number of thioether (sulfide) groups is 1. The van der Waals surface area contributed by atoms with Gasteiger partial charge in [-0.15, -0.1) is 0 Å². The van der Waals surface area contributed by atoms with Gasteiger partial charge in [0.05, 0.1) is 18.4 Å². The molecular weight excluding hydrogens is 364 g/mol. The van der Waals surface area contributed by atoms with E-state index in [-0.39, 0.29) is 17.2 Å². The normalized spacial score (nSPS) is 10.9. The van der Waals surface area contributed by atoms with Crippen LogP contribution in [0.15, 0.2) is 40.3 Å². The number of methoxy groups -OCH3 is 1. The number of nitrogens with one attached hydrogen (secondary N) is 2. The van der Waals surface area contributed by atoms with E-state index in [0.29, 0.717) is 29.3 Å². The lowest BCUT2D eigenvalue weighted by Gasteiger charge is -2.11.